The van der Waals surface area contributed by atoms with E-state index in [1.807, 2.05) is 59.5 Å². The smallest absolute Gasteiger partial charge is 0.223 e. The summed E-state index contributed by atoms with van der Waals surface area (Å²) in [7, 11) is 0. The summed E-state index contributed by atoms with van der Waals surface area (Å²) < 4.78 is 5.86. The highest BCUT2D eigenvalue weighted by Gasteiger charge is 2.24. The molecule has 0 aromatic heterocycles. The molecule has 2 aromatic rings. The van der Waals surface area contributed by atoms with Crippen LogP contribution >= 0.6 is 0 Å². The van der Waals surface area contributed by atoms with Crippen molar-refractivity contribution in [3.8, 4) is 11.5 Å². The number of hydrogen-bond acceptors (Lipinski definition) is 2. The molecule has 114 valence electrons. The summed E-state index contributed by atoms with van der Waals surface area (Å²) in [5.74, 6) is 1.89. The molecule has 3 nitrogen and oxygen atoms in total. The Morgan fingerprint density at radius 2 is 1.86 bits per heavy atom. The zero-order valence-electron chi connectivity index (χ0n) is 12.9. The standard InChI is InChI=1S/C19H21NO2/c1-15-7-5-12-19(21)20(15)14-16-8-6-11-18(13-16)22-17-9-3-2-4-10-17/h2-4,6,8-11,13,15H,5,7,12,14H2,1H3. The van der Waals surface area contributed by atoms with Gasteiger partial charge in [0, 0.05) is 19.0 Å². The fourth-order valence-corrected chi connectivity index (χ4v) is 2.87. The predicted molar refractivity (Wildman–Crippen MR) is 86.8 cm³/mol. The molecule has 0 aliphatic carbocycles. The topological polar surface area (TPSA) is 29.5 Å². The second-order valence-corrected chi connectivity index (χ2v) is 5.83. The zero-order chi connectivity index (χ0) is 15.4. The van der Waals surface area contributed by atoms with E-state index >= 15 is 0 Å². The van der Waals surface area contributed by atoms with Crippen LogP contribution < -0.4 is 4.74 Å². The number of ether oxygens (including phenoxy) is 1. The van der Waals surface area contributed by atoms with Crippen LogP contribution in [-0.2, 0) is 11.3 Å². The van der Waals surface area contributed by atoms with Crippen molar-refractivity contribution in [2.75, 3.05) is 0 Å². The second kappa shape index (κ2) is 6.65. The van der Waals surface area contributed by atoms with Crippen molar-refractivity contribution in [3.63, 3.8) is 0 Å². The number of likely N-dealkylation sites (tertiary alicyclic amines) is 1. The quantitative estimate of drug-likeness (QED) is 0.837. The normalized spacial score (nSPS) is 18.3. The first kappa shape index (κ1) is 14.6. The van der Waals surface area contributed by atoms with E-state index in [1.165, 1.54) is 0 Å². The molecule has 1 saturated heterocycles. The van der Waals surface area contributed by atoms with Crippen molar-refractivity contribution in [3.05, 3.63) is 60.2 Å². The highest BCUT2D eigenvalue weighted by atomic mass is 16.5. The molecule has 3 rings (SSSR count). The number of nitrogens with zero attached hydrogens (tertiary/aromatic N) is 1. The summed E-state index contributed by atoms with van der Waals surface area (Å²) in [6.45, 7) is 2.79. The highest BCUT2D eigenvalue weighted by Crippen LogP contribution is 2.24. The highest BCUT2D eigenvalue weighted by molar-refractivity contribution is 5.77. The van der Waals surface area contributed by atoms with Gasteiger partial charge in [0.05, 0.1) is 0 Å². The van der Waals surface area contributed by atoms with E-state index in [9.17, 15) is 4.79 Å². The van der Waals surface area contributed by atoms with Crippen molar-refractivity contribution in [2.24, 2.45) is 0 Å². The minimum absolute atomic E-state index is 0.258. The van der Waals surface area contributed by atoms with Crippen molar-refractivity contribution >= 4 is 5.91 Å². The molecule has 2 aromatic carbocycles. The number of benzene rings is 2. The minimum Gasteiger partial charge on any atom is -0.457 e. The molecular weight excluding hydrogens is 274 g/mol. The molecule has 1 atom stereocenters. The van der Waals surface area contributed by atoms with Crippen LogP contribution in [0.15, 0.2) is 54.6 Å². The van der Waals surface area contributed by atoms with Crippen LogP contribution in [0.2, 0.25) is 0 Å². The number of piperidine rings is 1. The van der Waals surface area contributed by atoms with Gasteiger partial charge in [0.25, 0.3) is 0 Å². The van der Waals surface area contributed by atoms with Gasteiger partial charge < -0.3 is 9.64 Å². The maximum absolute atomic E-state index is 12.1. The average Bonchev–Trinajstić information content (AvgIpc) is 2.53. The summed E-state index contributed by atoms with van der Waals surface area (Å²) in [5, 5.41) is 0. The molecule has 22 heavy (non-hydrogen) atoms. The van der Waals surface area contributed by atoms with Crippen molar-refractivity contribution in [2.45, 2.75) is 38.8 Å². The third-order valence-electron chi connectivity index (χ3n) is 4.10. The molecule has 1 aliphatic heterocycles. The van der Waals surface area contributed by atoms with Gasteiger partial charge in [-0.25, -0.2) is 0 Å². The van der Waals surface area contributed by atoms with Crippen LogP contribution in [0.25, 0.3) is 0 Å². The Balaban J connectivity index is 1.72. The van der Waals surface area contributed by atoms with Crippen LogP contribution in [0.3, 0.4) is 0 Å². The summed E-state index contributed by atoms with van der Waals surface area (Å²) in [5.41, 5.74) is 1.11. The van der Waals surface area contributed by atoms with Crippen molar-refractivity contribution in [1.29, 1.82) is 0 Å². The van der Waals surface area contributed by atoms with E-state index in [0.29, 0.717) is 19.0 Å². The van der Waals surface area contributed by atoms with Gasteiger partial charge in [0.1, 0.15) is 11.5 Å². The first-order valence-electron chi connectivity index (χ1n) is 7.84. The van der Waals surface area contributed by atoms with Crippen molar-refractivity contribution < 1.29 is 9.53 Å². The molecule has 3 heteroatoms. The molecule has 1 unspecified atom stereocenters. The maximum Gasteiger partial charge on any atom is 0.223 e. The average molecular weight is 295 g/mol. The zero-order valence-corrected chi connectivity index (χ0v) is 12.9. The van der Waals surface area contributed by atoms with Gasteiger partial charge in [-0.3, -0.25) is 4.79 Å². The number of rotatable bonds is 4. The number of hydrogen-bond donors (Lipinski definition) is 0. The van der Waals surface area contributed by atoms with E-state index in [0.717, 1.165) is 29.9 Å². The molecule has 1 fully saturated rings. The summed E-state index contributed by atoms with van der Waals surface area (Å²) >= 11 is 0. The fourth-order valence-electron chi connectivity index (χ4n) is 2.87. The number of para-hydroxylation sites is 1. The lowest BCUT2D eigenvalue weighted by Crippen LogP contribution is -2.41. The number of carbonyl (C=O) groups is 1. The lowest BCUT2D eigenvalue weighted by Gasteiger charge is -2.33. The fraction of sp³-hybridized carbons (Fsp3) is 0.316. The van der Waals surface area contributed by atoms with Gasteiger partial charge >= 0.3 is 0 Å². The Morgan fingerprint density at radius 3 is 2.64 bits per heavy atom. The van der Waals surface area contributed by atoms with Gasteiger partial charge in [-0.15, -0.1) is 0 Å². The first-order valence-corrected chi connectivity index (χ1v) is 7.84. The summed E-state index contributed by atoms with van der Waals surface area (Å²) in [4.78, 5) is 14.1. The SMILES string of the molecule is CC1CCCC(=O)N1Cc1cccc(Oc2ccccc2)c1. The molecule has 1 amide bonds. The maximum atomic E-state index is 12.1. The van der Waals surface area contributed by atoms with E-state index in [-0.39, 0.29) is 5.91 Å². The van der Waals surface area contributed by atoms with Crippen molar-refractivity contribution in [1.82, 2.24) is 4.90 Å². The summed E-state index contributed by atoms with van der Waals surface area (Å²) in [6, 6.07) is 18.0. The third kappa shape index (κ3) is 3.48. The molecule has 0 bridgehead atoms. The number of carbonyl (C=O) groups excluding carboxylic acids is 1. The Morgan fingerprint density at radius 1 is 1.09 bits per heavy atom. The predicted octanol–water partition coefficient (Wildman–Crippen LogP) is 4.38. The van der Waals surface area contributed by atoms with E-state index < -0.39 is 0 Å². The summed E-state index contributed by atoms with van der Waals surface area (Å²) in [6.07, 6.45) is 2.77. The lowest BCUT2D eigenvalue weighted by molar-refractivity contribution is -0.136. The van der Waals surface area contributed by atoms with Crippen LogP contribution in [-0.4, -0.2) is 16.8 Å². The Kier molecular flexibility index (Phi) is 4.42. The second-order valence-electron chi connectivity index (χ2n) is 5.83. The molecule has 1 aliphatic rings. The molecule has 1 heterocycles. The molecule has 0 radical (unpaired) electrons. The van der Waals surface area contributed by atoms with Crippen LogP contribution in [0.5, 0.6) is 11.5 Å². The molecule has 0 N–H and O–H groups in total. The number of amides is 1. The molecule has 0 spiro atoms. The van der Waals surface area contributed by atoms with E-state index in [2.05, 4.69) is 6.92 Å². The van der Waals surface area contributed by atoms with Gasteiger partial charge in [0.2, 0.25) is 5.91 Å². The first-order chi connectivity index (χ1) is 10.7. The van der Waals surface area contributed by atoms with E-state index in [1.54, 1.807) is 0 Å². The minimum atomic E-state index is 0.258. The van der Waals surface area contributed by atoms with Gasteiger partial charge in [-0.1, -0.05) is 30.3 Å². The van der Waals surface area contributed by atoms with Crippen LogP contribution in [0.4, 0.5) is 0 Å². The third-order valence-corrected chi connectivity index (χ3v) is 4.10. The van der Waals surface area contributed by atoms with Gasteiger partial charge in [0.15, 0.2) is 0 Å². The van der Waals surface area contributed by atoms with Gasteiger partial charge in [-0.2, -0.15) is 0 Å². The Labute approximate surface area is 131 Å². The van der Waals surface area contributed by atoms with E-state index in [4.69, 9.17) is 4.74 Å². The monoisotopic (exact) mass is 295 g/mol. The Hall–Kier alpha value is -2.29. The lowest BCUT2D eigenvalue weighted by atomic mass is 10.0. The van der Waals surface area contributed by atoms with Gasteiger partial charge in [-0.05, 0) is 49.6 Å². The van der Waals surface area contributed by atoms with Crippen LogP contribution in [0, 0.1) is 0 Å². The van der Waals surface area contributed by atoms with Crippen LogP contribution in [0.1, 0.15) is 31.7 Å². The molecule has 0 saturated carbocycles. The Bertz CT molecular complexity index is 639. The largest absolute Gasteiger partial charge is 0.457 e. The molecular formula is C19H21NO2.